The van der Waals surface area contributed by atoms with Crippen LogP contribution in [0.2, 0.25) is 0 Å². The number of H-pyrrole nitrogens is 1. The van der Waals surface area contributed by atoms with E-state index in [4.69, 9.17) is 10.3 Å². The van der Waals surface area contributed by atoms with Gasteiger partial charge in [0.1, 0.15) is 11.5 Å². The van der Waals surface area contributed by atoms with Gasteiger partial charge in [-0.05, 0) is 17.7 Å². The van der Waals surface area contributed by atoms with Gasteiger partial charge in [-0.2, -0.15) is 10.1 Å². The molecule has 3 rings (SSSR count). The zero-order valence-corrected chi connectivity index (χ0v) is 11.4. The van der Waals surface area contributed by atoms with E-state index >= 15 is 0 Å². The smallest absolute Gasteiger partial charge is 0.276 e. The van der Waals surface area contributed by atoms with Crippen LogP contribution in [0.1, 0.15) is 11.4 Å². The second-order valence-corrected chi connectivity index (χ2v) is 4.94. The average molecular weight is 320 g/mol. The first kappa shape index (κ1) is 11.9. The molecule has 0 aliphatic heterocycles. The molecule has 96 valence electrons. The molecule has 19 heavy (non-hydrogen) atoms. The van der Waals surface area contributed by atoms with Gasteiger partial charge < -0.3 is 10.3 Å². The fourth-order valence-corrected chi connectivity index (χ4v) is 2.16. The van der Waals surface area contributed by atoms with Gasteiger partial charge in [0.15, 0.2) is 5.82 Å². The molecule has 0 saturated heterocycles. The standard InChI is InChI=1S/C12H10BrN5O/c13-8-3-1-2-7(4-8)5-11-15-12(19-18-11)9-6-10(14)17-16-9/h1-4,6H,5H2,(H3,14,16,17). The SMILES string of the molecule is Nc1cc(-c2nc(Cc3cccc(Br)c3)no2)[nH]n1. The molecule has 0 fully saturated rings. The molecule has 6 nitrogen and oxygen atoms in total. The average Bonchev–Trinajstić information content (AvgIpc) is 2.98. The second-order valence-electron chi connectivity index (χ2n) is 4.03. The van der Waals surface area contributed by atoms with Crippen molar-refractivity contribution >= 4 is 21.7 Å². The highest BCUT2D eigenvalue weighted by molar-refractivity contribution is 9.10. The molecular weight excluding hydrogens is 310 g/mol. The van der Waals surface area contributed by atoms with Crippen molar-refractivity contribution in [3.8, 4) is 11.6 Å². The summed E-state index contributed by atoms with van der Waals surface area (Å²) in [5.74, 6) is 1.39. The first-order valence-electron chi connectivity index (χ1n) is 5.59. The van der Waals surface area contributed by atoms with Crippen molar-refractivity contribution < 1.29 is 4.52 Å². The van der Waals surface area contributed by atoms with E-state index in [2.05, 4.69) is 36.3 Å². The maximum atomic E-state index is 5.53. The van der Waals surface area contributed by atoms with E-state index in [0.717, 1.165) is 10.0 Å². The van der Waals surface area contributed by atoms with Gasteiger partial charge in [-0.15, -0.1) is 0 Å². The number of benzene rings is 1. The van der Waals surface area contributed by atoms with Crippen molar-refractivity contribution in [1.82, 2.24) is 20.3 Å². The van der Waals surface area contributed by atoms with E-state index in [0.29, 0.717) is 29.6 Å². The van der Waals surface area contributed by atoms with Crippen LogP contribution in [0, 0.1) is 0 Å². The van der Waals surface area contributed by atoms with Crippen molar-refractivity contribution in [2.75, 3.05) is 5.73 Å². The van der Waals surface area contributed by atoms with Gasteiger partial charge in [0.05, 0.1) is 0 Å². The van der Waals surface area contributed by atoms with E-state index < -0.39 is 0 Å². The summed E-state index contributed by atoms with van der Waals surface area (Å²) in [4.78, 5) is 4.30. The Morgan fingerprint density at radius 1 is 1.32 bits per heavy atom. The lowest BCUT2D eigenvalue weighted by Crippen LogP contribution is -1.90. The molecule has 0 spiro atoms. The Bertz CT molecular complexity index is 705. The third-order valence-electron chi connectivity index (χ3n) is 2.55. The van der Waals surface area contributed by atoms with Crippen molar-refractivity contribution in [3.63, 3.8) is 0 Å². The van der Waals surface area contributed by atoms with Crippen LogP contribution in [0.25, 0.3) is 11.6 Å². The number of halogens is 1. The van der Waals surface area contributed by atoms with Gasteiger partial charge >= 0.3 is 0 Å². The second kappa shape index (κ2) is 4.85. The molecule has 2 aromatic heterocycles. The van der Waals surface area contributed by atoms with Crippen LogP contribution in [0.15, 0.2) is 39.3 Å². The molecule has 0 aliphatic rings. The molecule has 2 heterocycles. The highest BCUT2D eigenvalue weighted by atomic mass is 79.9. The Morgan fingerprint density at radius 3 is 2.95 bits per heavy atom. The lowest BCUT2D eigenvalue weighted by Gasteiger charge is -1.96. The van der Waals surface area contributed by atoms with Crippen molar-refractivity contribution in [2.45, 2.75) is 6.42 Å². The summed E-state index contributed by atoms with van der Waals surface area (Å²) in [7, 11) is 0. The molecule has 0 amide bonds. The van der Waals surface area contributed by atoms with Crippen LogP contribution in [0.3, 0.4) is 0 Å². The van der Waals surface area contributed by atoms with Gasteiger partial charge in [-0.25, -0.2) is 0 Å². The van der Waals surface area contributed by atoms with E-state index in [-0.39, 0.29) is 0 Å². The zero-order valence-electron chi connectivity index (χ0n) is 9.80. The number of hydrogen-bond donors (Lipinski definition) is 2. The summed E-state index contributed by atoms with van der Waals surface area (Å²) in [6.45, 7) is 0. The molecule has 3 aromatic rings. The number of rotatable bonds is 3. The topological polar surface area (TPSA) is 93.6 Å². The molecule has 0 aliphatic carbocycles. The first-order valence-corrected chi connectivity index (χ1v) is 6.38. The monoisotopic (exact) mass is 319 g/mol. The normalized spacial score (nSPS) is 10.8. The predicted octanol–water partition coefficient (Wildman–Crippen LogP) is 2.40. The molecule has 0 unspecified atom stereocenters. The molecule has 1 aromatic carbocycles. The minimum Gasteiger partial charge on any atom is -0.382 e. The van der Waals surface area contributed by atoms with Crippen molar-refractivity contribution in [2.24, 2.45) is 0 Å². The zero-order chi connectivity index (χ0) is 13.2. The van der Waals surface area contributed by atoms with Crippen LogP contribution in [-0.4, -0.2) is 20.3 Å². The minimum absolute atomic E-state index is 0.384. The van der Waals surface area contributed by atoms with Gasteiger partial charge in [-0.3, -0.25) is 5.10 Å². The Kier molecular flexibility index (Phi) is 3.04. The minimum atomic E-state index is 0.384. The molecule has 0 saturated carbocycles. The van der Waals surface area contributed by atoms with Crippen molar-refractivity contribution in [3.05, 3.63) is 46.2 Å². The number of nitrogens with two attached hydrogens (primary N) is 1. The Hall–Kier alpha value is -2.15. The fourth-order valence-electron chi connectivity index (χ4n) is 1.71. The number of anilines is 1. The third-order valence-corrected chi connectivity index (χ3v) is 3.04. The predicted molar refractivity (Wildman–Crippen MR) is 73.2 cm³/mol. The lowest BCUT2D eigenvalue weighted by atomic mass is 10.1. The van der Waals surface area contributed by atoms with E-state index in [1.165, 1.54) is 0 Å². The van der Waals surface area contributed by atoms with Crippen LogP contribution in [0.4, 0.5) is 5.82 Å². The Labute approximate surface area is 117 Å². The molecular formula is C12H10BrN5O. The van der Waals surface area contributed by atoms with Gasteiger partial charge in [0.25, 0.3) is 5.89 Å². The van der Waals surface area contributed by atoms with Gasteiger partial charge in [-0.1, -0.05) is 33.2 Å². The van der Waals surface area contributed by atoms with E-state index in [1.807, 2.05) is 24.3 Å². The number of aromatic amines is 1. The summed E-state index contributed by atoms with van der Waals surface area (Å²) in [6.07, 6.45) is 0.604. The van der Waals surface area contributed by atoms with Gasteiger partial charge in [0.2, 0.25) is 0 Å². The maximum absolute atomic E-state index is 5.53. The lowest BCUT2D eigenvalue weighted by molar-refractivity contribution is 0.422. The largest absolute Gasteiger partial charge is 0.382 e. The number of aromatic nitrogens is 4. The summed E-state index contributed by atoms with van der Waals surface area (Å²) in [5.41, 5.74) is 7.24. The summed E-state index contributed by atoms with van der Waals surface area (Å²) < 4.78 is 6.19. The maximum Gasteiger partial charge on any atom is 0.276 e. The summed E-state index contributed by atoms with van der Waals surface area (Å²) in [6, 6.07) is 9.62. The molecule has 0 bridgehead atoms. The summed E-state index contributed by atoms with van der Waals surface area (Å²) >= 11 is 3.43. The third kappa shape index (κ3) is 2.65. The van der Waals surface area contributed by atoms with Crippen LogP contribution < -0.4 is 5.73 Å². The number of nitrogens with zero attached hydrogens (tertiary/aromatic N) is 3. The van der Waals surface area contributed by atoms with Crippen molar-refractivity contribution in [1.29, 1.82) is 0 Å². The molecule has 0 radical (unpaired) electrons. The molecule has 7 heteroatoms. The Morgan fingerprint density at radius 2 is 2.21 bits per heavy atom. The summed E-state index contributed by atoms with van der Waals surface area (Å²) in [5, 5.41) is 10.5. The number of nitrogen functional groups attached to an aromatic ring is 1. The number of nitrogens with one attached hydrogen (secondary N) is 1. The fraction of sp³-hybridized carbons (Fsp3) is 0.0833. The Balaban J connectivity index is 1.82. The van der Waals surface area contributed by atoms with E-state index in [1.54, 1.807) is 6.07 Å². The first-order chi connectivity index (χ1) is 9.20. The number of hydrogen-bond acceptors (Lipinski definition) is 5. The van der Waals surface area contributed by atoms with E-state index in [9.17, 15) is 0 Å². The quantitative estimate of drug-likeness (QED) is 0.773. The van der Waals surface area contributed by atoms with Gasteiger partial charge in [0, 0.05) is 17.0 Å². The van der Waals surface area contributed by atoms with Crippen LogP contribution in [0.5, 0.6) is 0 Å². The highest BCUT2D eigenvalue weighted by Crippen LogP contribution is 2.18. The molecule has 0 atom stereocenters. The molecule has 3 N–H and O–H groups in total. The van der Waals surface area contributed by atoms with Crippen LogP contribution >= 0.6 is 15.9 Å². The van der Waals surface area contributed by atoms with Crippen LogP contribution in [-0.2, 0) is 6.42 Å². The highest BCUT2D eigenvalue weighted by Gasteiger charge is 2.11.